The molecule has 0 bridgehead atoms. The zero-order chi connectivity index (χ0) is 19.0. The Hall–Kier alpha value is -3.41. The van der Waals surface area contributed by atoms with E-state index >= 15 is 0 Å². The van der Waals surface area contributed by atoms with Crippen LogP contribution < -0.4 is 5.32 Å². The number of carbonyl (C=O) groups is 1. The summed E-state index contributed by atoms with van der Waals surface area (Å²) in [5, 5.41) is 10.8. The van der Waals surface area contributed by atoms with Gasteiger partial charge in [0.15, 0.2) is 5.82 Å². The van der Waals surface area contributed by atoms with E-state index in [9.17, 15) is 4.79 Å². The number of amides is 1. The number of hydrogen-bond donors (Lipinski definition) is 3. The van der Waals surface area contributed by atoms with Crippen LogP contribution in [0.25, 0.3) is 22.3 Å². The minimum absolute atomic E-state index is 0.0483. The molecule has 0 unspecified atom stereocenters. The maximum atomic E-state index is 12.7. The molecule has 0 saturated carbocycles. The van der Waals surface area contributed by atoms with E-state index in [4.69, 9.17) is 0 Å². The number of aromatic amines is 2. The number of nitrogens with zero attached hydrogens (tertiary/aromatic N) is 2. The van der Waals surface area contributed by atoms with Crippen LogP contribution in [0.2, 0.25) is 0 Å². The molecule has 0 aliphatic carbocycles. The van der Waals surface area contributed by atoms with Gasteiger partial charge in [-0.2, -0.15) is 5.10 Å². The Morgan fingerprint density at radius 1 is 1.15 bits per heavy atom. The molecule has 0 atom stereocenters. The van der Waals surface area contributed by atoms with Gasteiger partial charge in [0, 0.05) is 27.8 Å². The molecule has 27 heavy (non-hydrogen) atoms. The lowest BCUT2D eigenvalue weighted by Gasteiger charge is -2.07. The van der Waals surface area contributed by atoms with Gasteiger partial charge in [-0.3, -0.25) is 9.89 Å². The maximum absolute atomic E-state index is 12.7. The molecule has 0 aliphatic rings. The summed E-state index contributed by atoms with van der Waals surface area (Å²) in [6, 6.07) is 11.8. The predicted octanol–water partition coefficient (Wildman–Crippen LogP) is 4.06. The number of aryl methyl sites for hydroxylation is 3. The number of rotatable bonds is 4. The topological polar surface area (TPSA) is 86.5 Å². The molecule has 136 valence electrons. The van der Waals surface area contributed by atoms with Gasteiger partial charge >= 0.3 is 0 Å². The second kappa shape index (κ2) is 6.72. The Balaban J connectivity index is 1.58. The van der Waals surface area contributed by atoms with Crippen molar-refractivity contribution in [3.63, 3.8) is 0 Å². The van der Waals surface area contributed by atoms with Crippen LogP contribution in [0.1, 0.15) is 22.4 Å². The molecule has 0 aliphatic heterocycles. The number of aromatic nitrogens is 4. The fraction of sp³-hybridized carbons (Fsp3) is 0.190. The lowest BCUT2D eigenvalue weighted by Crippen LogP contribution is -2.14. The van der Waals surface area contributed by atoms with Crippen LogP contribution in [0.4, 0.5) is 5.69 Å². The van der Waals surface area contributed by atoms with Crippen molar-refractivity contribution in [1.82, 2.24) is 20.2 Å². The van der Waals surface area contributed by atoms with E-state index in [2.05, 4.69) is 51.5 Å². The van der Waals surface area contributed by atoms with E-state index in [1.807, 2.05) is 31.2 Å². The van der Waals surface area contributed by atoms with Crippen LogP contribution in [0.5, 0.6) is 0 Å². The van der Waals surface area contributed by atoms with Crippen molar-refractivity contribution in [2.75, 3.05) is 5.32 Å². The number of benzene rings is 2. The maximum Gasteiger partial charge on any atom is 0.228 e. The summed E-state index contributed by atoms with van der Waals surface area (Å²) in [5.41, 5.74) is 7.18. The van der Waals surface area contributed by atoms with E-state index in [1.54, 1.807) is 0 Å². The zero-order valence-electron chi connectivity index (χ0n) is 15.6. The van der Waals surface area contributed by atoms with Gasteiger partial charge in [-0.25, -0.2) is 4.98 Å². The van der Waals surface area contributed by atoms with Gasteiger partial charge in [-0.05, 0) is 50.1 Å². The van der Waals surface area contributed by atoms with Gasteiger partial charge in [-0.1, -0.05) is 23.8 Å². The van der Waals surface area contributed by atoms with Crippen molar-refractivity contribution in [2.45, 2.75) is 27.2 Å². The second-order valence-corrected chi connectivity index (χ2v) is 6.87. The molecule has 6 heteroatoms. The highest BCUT2D eigenvalue weighted by Crippen LogP contribution is 2.27. The molecule has 0 spiro atoms. The normalized spacial score (nSPS) is 11.1. The highest BCUT2D eigenvalue weighted by atomic mass is 16.1. The van der Waals surface area contributed by atoms with Gasteiger partial charge in [0.1, 0.15) is 6.33 Å². The van der Waals surface area contributed by atoms with Crippen LogP contribution in [0.15, 0.2) is 42.7 Å². The number of fused-ring (bicyclic) bond motifs is 1. The van der Waals surface area contributed by atoms with Crippen LogP contribution in [0.3, 0.4) is 0 Å². The monoisotopic (exact) mass is 359 g/mol. The average Bonchev–Trinajstić information content (AvgIpc) is 3.25. The molecular formula is C21H21N5O. The Morgan fingerprint density at radius 2 is 2.00 bits per heavy atom. The Kier molecular flexibility index (Phi) is 4.24. The van der Waals surface area contributed by atoms with Gasteiger partial charge in [0.25, 0.3) is 0 Å². The fourth-order valence-corrected chi connectivity index (χ4v) is 3.52. The highest BCUT2D eigenvalue weighted by molar-refractivity contribution is 5.97. The zero-order valence-corrected chi connectivity index (χ0v) is 15.6. The van der Waals surface area contributed by atoms with E-state index < -0.39 is 0 Å². The van der Waals surface area contributed by atoms with E-state index in [0.29, 0.717) is 12.2 Å². The van der Waals surface area contributed by atoms with Gasteiger partial charge < -0.3 is 10.3 Å². The molecule has 0 fully saturated rings. The van der Waals surface area contributed by atoms with E-state index in [-0.39, 0.29) is 5.91 Å². The Labute approximate surface area is 157 Å². The summed E-state index contributed by atoms with van der Waals surface area (Å²) in [6.07, 6.45) is 1.78. The van der Waals surface area contributed by atoms with Crippen LogP contribution in [-0.2, 0) is 11.2 Å². The molecule has 2 heterocycles. The molecule has 4 aromatic rings. The largest absolute Gasteiger partial charge is 0.358 e. The minimum Gasteiger partial charge on any atom is -0.358 e. The van der Waals surface area contributed by atoms with Crippen LogP contribution in [0, 0.1) is 20.8 Å². The lowest BCUT2D eigenvalue weighted by atomic mass is 10.0. The smallest absolute Gasteiger partial charge is 0.228 e. The van der Waals surface area contributed by atoms with Crippen LogP contribution in [-0.4, -0.2) is 26.1 Å². The molecule has 0 saturated heterocycles. The predicted molar refractivity (Wildman–Crippen MR) is 107 cm³/mol. The molecule has 6 nitrogen and oxygen atoms in total. The molecule has 0 radical (unpaired) electrons. The van der Waals surface area contributed by atoms with Gasteiger partial charge in [0.05, 0.1) is 6.42 Å². The van der Waals surface area contributed by atoms with Crippen molar-refractivity contribution in [3.8, 4) is 11.4 Å². The van der Waals surface area contributed by atoms with Crippen molar-refractivity contribution in [2.24, 2.45) is 0 Å². The summed E-state index contributed by atoms with van der Waals surface area (Å²) >= 11 is 0. The Bertz CT molecular complexity index is 1130. The molecule has 3 N–H and O–H groups in total. The van der Waals surface area contributed by atoms with Crippen molar-refractivity contribution >= 4 is 22.5 Å². The van der Waals surface area contributed by atoms with Gasteiger partial charge in [0.2, 0.25) is 5.91 Å². The van der Waals surface area contributed by atoms with Crippen molar-refractivity contribution in [1.29, 1.82) is 0 Å². The van der Waals surface area contributed by atoms with E-state index in [0.717, 1.165) is 33.4 Å². The molecule has 4 rings (SSSR count). The first-order valence-electron chi connectivity index (χ1n) is 8.85. The van der Waals surface area contributed by atoms with Crippen LogP contribution >= 0.6 is 0 Å². The number of nitrogens with one attached hydrogen (secondary N) is 3. The number of hydrogen-bond acceptors (Lipinski definition) is 3. The Morgan fingerprint density at radius 3 is 2.78 bits per heavy atom. The standard InChI is InChI=1S/C21H21N5O/c1-12-7-13(2)20-18(8-12)17(14(3)24-20)10-19(27)25-16-6-4-5-15(9-16)21-22-11-23-26-21/h4-9,11,24H,10H2,1-3H3,(H,25,27)(H,22,23,26). The quantitative estimate of drug-likeness (QED) is 0.513. The highest BCUT2D eigenvalue weighted by Gasteiger charge is 2.14. The average molecular weight is 359 g/mol. The molecular weight excluding hydrogens is 338 g/mol. The molecule has 2 aromatic carbocycles. The number of anilines is 1. The lowest BCUT2D eigenvalue weighted by molar-refractivity contribution is -0.115. The fourth-order valence-electron chi connectivity index (χ4n) is 3.52. The number of carbonyl (C=O) groups excluding carboxylic acids is 1. The second-order valence-electron chi connectivity index (χ2n) is 6.87. The molecule has 1 amide bonds. The van der Waals surface area contributed by atoms with Crippen molar-refractivity contribution < 1.29 is 4.79 Å². The van der Waals surface area contributed by atoms with Crippen molar-refractivity contribution in [3.05, 3.63) is 65.1 Å². The number of H-pyrrole nitrogens is 2. The first kappa shape index (κ1) is 17.0. The third-order valence-corrected chi connectivity index (χ3v) is 4.74. The minimum atomic E-state index is -0.0483. The SMILES string of the molecule is Cc1cc(C)c2[nH]c(C)c(CC(=O)Nc3cccc(-c4ncn[nH]4)c3)c2c1. The third-order valence-electron chi connectivity index (χ3n) is 4.74. The van der Waals surface area contributed by atoms with E-state index in [1.165, 1.54) is 17.5 Å². The third kappa shape index (κ3) is 3.33. The molecule has 2 aromatic heterocycles. The van der Waals surface area contributed by atoms with Gasteiger partial charge in [-0.15, -0.1) is 0 Å². The first-order valence-corrected chi connectivity index (χ1v) is 8.85. The summed E-state index contributed by atoms with van der Waals surface area (Å²) in [5.74, 6) is 0.623. The summed E-state index contributed by atoms with van der Waals surface area (Å²) < 4.78 is 0. The first-order chi connectivity index (χ1) is 13.0. The summed E-state index contributed by atoms with van der Waals surface area (Å²) in [6.45, 7) is 6.18. The summed E-state index contributed by atoms with van der Waals surface area (Å²) in [4.78, 5) is 20.2. The summed E-state index contributed by atoms with van der Waals surface area (Å²) in [7, 11) is 0.